The molecule has 1 aromatic rings. The molecule has 6 nitrogen and oxygen atoms in total. The van der Waals surface area contributed by atoms with Gasteiger partial charge in [0, 0.05) is 25.6 Å². The summed E-state index contributed by atoms with van der Waals surface area (Å²) in [6.45, 7) is 4.29. The zero-order valence-electron chi connectivity index (χ0n) is 12.5. The van der Waals surface area contributed by atoms with Crippen LogP contribution in [0, 0.1) is 6.92 Å². The van der Waals surface area contributed by atoms with Crippen LogP contribution in [-0.4, -0.2) is 46.1 Å². The number of hydrogen-bond donors (Lipinski definition) is 0. The topological polar surface area (TPSA) is 58.4 Å². The molecule has 0 unspecified atom stereocenters. The van der Waals surface area contributed by atoms with E-state index in [0.717, 1.165) is 37.4 Å². The van der Waals surface area contributed by atoms with Crippen molar-refractivity contribution >= 4 is 17.6 Å². The van der Waals surface area contributed by atoms with Crippen molar-refractivity contribution in [2.24, 2.45) is 0 Å². The van der Waals surface area contributed by atoms with Gasteiger partial charge in [-0.25, -0.2) is 4.68 Å². The van der Waals surface area contributed by atoms with E-state index in [9.17, 15) is 9.59 Å². The second-order valence-electron chi connectivity index (χ2n) is 5.89. The van der Waals surface area contributed by atoms with E-state index in [1.165, 1.54) is 12.8 Å². The zero-order chi connectivity index (χ0) is 14.8. The molecule has 0 spiro atoms. The van der Waals surface area contributed by atoms with Crippen LogP contribution in [0.25, 0.3) is 0 Å². The second kappa shape index (κ2) is 5.87. The van der Waals surface area contributed by atoms with Crippen LogP contribution in [0.4, 0.5) is 5.82 Å². The third kappa shape index (κ3) is 2.94. The van der Waals surface area contributed by atoms with Gasteiger partial charge in [-0.05, 0) is 19.8 Å². The summed E-state index contributed by atoms with van der Waals surface area (Å²) < 4.78 is 1.83. The van der Waals surface area contributed by atoms with E-state index in [0.29, 0.717) is 13.0 Å². The van der Waals surface area contributed by atoms with Crippen molar-refractivity contribution in [2.75, 3.05) is 24.5 Å². The minimum atomic E-state index is 0.0190. The molecule has 2 amide bonds. The first-order chi connectivity index (χ1) is 10.1. The van der Waals surface area contributed by atoms with Gasteiger partial charge in [0.1, 0.15) is 12.4 Å². The highest BCUT2D eigenvalue weighted by Gasteiger charge is 2.29. The van der Waals surface area contributed by atoms with Gasteiger partial charge in [0.2, 0.25) is 11.8 Å². The Morgan fingerprint density at radius 3 is 2.62 bits per heavy atom. The summed E-state index contributed by atoms with van der Waals surface area (Å²) in [4.78, 5) is 28.1. The maximum Gasteiger partial charge on any atom is 0.242 e. The quantitative estimate of drug-likeness (QED) is 0.825. The maximum atomic E-state index is 12.5. The summed E-state index contributed by atoms with van der Waals surface area (Å²) in [5.41, 5.74) is 0.881. The van der Waals surface area contributed by atoms with E-state index in [-0.39, 0.29) is 18.4 Å². The molecule has 21 heavy (non-hydrogen) atoms. The first-order valence-electron chi connectivity index (χ1n) is 7.78. The summed E-state index contributed by atoms with van der Waals surface area (Å²) in [7, 11) is 0. The summed E-state index contributed by atoms with van der Waals surface area (Å²) >= 11 is 0. The lowest BCUT2D eigenvalue weighted by molar-refractivity contribution is -0.131. The van der Waals surface area contributed by atoms with Gasteiger partial charge in [0.25, 0.3) is 0 Å². The van der Waals surface area contributed by atoms with Crippen molar-refractivity contribution < 1.29 is 9.59 Å². The number of fused-ring (bicyclic) bond motifs is 1. The summed E-state index contributed by atoms with van der Waals surface area (Å²) in [5.74, 6) is 0.829. The summed E-state index contributed by atoms with van der Waals surface area (Å²) in [5, 5.41) is 4.37. The minimum absolute atomic E-state index is 0.0190. The highest BCUT2D eigenvalue weighted by atomic mass is 16.2. The average Bonchev–Trinajstić information content (AvgIpc) is 2.67. The Hall–Kier alpha value is -1.85. The molecule has 1 saturated heterocycles. The Balaban J connectivity index is 1.74. The molecule has 114 valence electrons. The second-order valence-corrected chi connectivity index (χ2v) is 5.89. The molecule has 2 aliphatic heterocycles. The van der Waals surface area contributed by atoms with Gasteiger partial charge in [-0.2, -0.15) is 5.10 Å². The van der Waals surface area contributed by atoms with Gasteiger partial charge < -0.3 is 4.90 Å². The van der Waals surface area contributed by atoms with Crippen molar-refractivity contribution in [1.82, 2.24) is 14.7 Å². The molecule has 6 heteroatoms. The molecule has 3 heterocycles. The zero-order valence-corrected chi connectivity index (χ0v) is 12.5. The Labute approximate surface area is 124 Å². The van der Waals surface area contributed by atoms with E-state index in [1.807, 2.05) is 22.6 Å². The van der Waals surface area contributed by atoms with E-state index < -0.39 is 0 Å². The van der Waals surface area contributed by atoms with Crippen molar-refractivity contribution in [3.05, 3.63) is 11.8 Å². The standard InChI is InChI=1S/C15H22N4O2/c1-12-10-13-18(14(20)6-9-19(13)16-12)11-15(21)17-7-4-2-3-5-8-17/h10H,2-9,11H2,1H3. The summed E-state index contributed by atoms with van der Waals surface area (Å²) in [6.07, 6.45) is 4.94. The van der Waals surface area contributed by atoms with Crippen LogP contribution >= 0.6 is 0 Å². The molecule has 3 rings (SSSR count). The normalized spacial score (nSPS) is 19.4. The first-order valence-corrected chi connectivity index (χ1v) is 7.78. The van der Waals surface area contributed by atoms with E-state index >= 15 is 0 Å². The van der Waals surface area contributed by atoms with Crippen molar-refractivity contribution in [2.45, 2.75) is 45.6 Å². The SMILES string of the molecule is Cc1cc2n(n1)CCC(=O)N2CC(=O)N1CCCCCC1. The van der Waals surface area contributed by atoms with Crippen molar-refractivity contribution in [1.29, 1.82) is 0 Å². The molecule has 0 aliphatic carbocycles. The smallest absolute Gasteiger partial charge is 0.242 e. The van der Waals surface area contributed by atoms with Gasteiger partial charge in [-0.1, -0.05) is 12.8 Å². The number of anilines is 1. The number of hydrogen-bond acceptors (Lipinski definition) is 3. The minimum Gasteiger partial charge on any atom is -0.341 e. The Kier molecular flexibility index (Phi) is 3.94. The van der Waals surface area contributed by atoms with Crippen LogP contribution < -0.4 is 4.90 Å². The molecule has 0 atom stereocenters. The highest BCUT2D eigenvalue weighted by Crippen LogP contribution is 2.22. The molecular formula is C15H22N4O2. The van der Waals surface area contributed by atoms with Gasteiger partial charge >= 0.3 is 0 Å². The molecule has 0 N–H and O–H groups in total. The monoisotopic (exact) mass is 290 g/mol. The number of aromatic nitrogens is 2. The molecule has 0 aromatic carbocycles. The van der Waals surface area contributed by atoms with E-state index in [2.05, 4.69) is 5.10 Å². The number of nitrogens with zero attached hydrogens (tertiary/aromatic N) is 4. The summed E-state index contributed by atoms with van der Waals surface area (Å²) in [6, 6.07) is 1.88. The van der Waals surface area contributed by atoms with Gasteiger partial charge in [-0.3, -0.25) is 14.5 Å². The van der Waals surface area contributed by atoms with Crippen molar-refractivity contribution in [3.63, 3.8) is 0 Å². The number of aryl methyl sites for hydroxylation is 2. The first kappa shape index (κ1) is 14.1. The third-order valence-corrected chi connectivity index (χ3v) is 4.25. The lowest BCUT2D eigenvalue weighted by Gasteiger charge is -2.29. The van der Waals surface area contributed by atoms with Gasteiger partial charge in [-0.15, -0.1) is 0 Å². The van der Waals surface area contributed by atoms with Crippen LogP contribution in [-0.2, 0) is 16.1 Å². The fourth-order valence-corrected chi connectivity index (χ4v) is 3.10. The largest absolute Gasteiger partial charge is 0.341 e. The highest BCUT2D eigenvalue weighted by molar-refractivity contribution is 5.98. The lowest BCUT2D eigenvalue weighted by atomic mass is 10.2. The van der Waals surface area contributed by atoms with Gasteiger partial charge in [0.15, 0.2) is 0 Å². The number of carbonyl (C=O) groups excluding carboxylic acids is 2. The van der Waals surface area contributed by atoms with Crippen LogP contribution in [0.2, 0.25) is 0 Å². The maximum absolute atomic E-state index is 12.5. The Bertz CT molecular complexity index is 544. The number of likely N-dealkylation sites (tertiary alicyclic amines) is 1. The van der Waals surface area contributed by atoms with Crippen molar-refractivity contribution in [3.8, 4) is 0 Å². The molecular weight excluding hydrogens is 268 g/mol. The number of amides is 2. The Morgan fingerprint density at radius 2 is 1.90 bits per heavy atom. The average molecular weight is 290 g/mol. The molecule has 1 aromatic heterocycles. The van der Waals surface area contributed by atoms with Crippen LogP contribution in [0.1, 0.15) is 37.8 Å². The number of rotatable bonds is 2. The molecule has 0 saturated carbocycles. The molecule has 2 aliphatic rings. The molecule has 0 bridgehead atoms. The predicted molar refractivity (Wildman–Crippen MR) is 79.0 cm³/mol. The fourth-order valence-electron chi connectivity index (χ4n) is 3.10. The van der Waals surface area contributed by atoms with Crippen LogP contribution in [0.5, 0.6) is 0 Å². The Morgan fingerprint density at radius 1 is 1.19 bits per heavy atom. The predicted octanol–water partition coefficient (Wildman–Crippen LogP) is 1.33. The fraction of sp³-hybridized carbons (Fsp3) is 0.667. The van der Waals surface area contributed by atoms with E-state index in [1.54, 1.807) is 4.90 Å². The third-order valence-electron chi connectivity index (χ3n) is 4.25. The van der Waals surface area contributed by atoms with Crippen LogP contribution in [0.15, 0.2) is 6.07 Å². The molecule has 0 radical (unpaired) electrons. The van der Waals surface area contributed by atoms with Gasteiger partial charge in [0.05, 0.1) is 12.2 Å². The lowest BCUT2D eigenvalue weighted by Crippen LogP contribution is -2.46. The number of carbonyl (C=O) groups is 2. The van der Waals surface area contributed by atoms with Crippen LogP contribution in [0.3, 0.4) is 0 Å². The van der Waals surface area contributed by atoms with E-state index in [4.69, 9.17) is 0 Å². The molecule has 1 fully saturated rings.